The molecule has 0 aliphatic rings. The van der Waals surface area contributed by atoms with Crippen molar-refractivity contribution in [1.82, 2.24) is 0 Å². The van der Waals surface area contributed by atoms with Gasteiger partial charge in [0, 0.05) is 0 Å². The lowest BCUT2D eigenvalue weighted by molar-refractivity contribution is -0.129. The van der Waals surface area contributed by atoms with Gasteiger partial charge in [0.1, 0.15) is 11.9 Å². The molecule has 4 nitrogen and oxygen atoms in total. The molecule has 0 spiro atoms. The number of rotatable bonds is 5. The Morgan fingerprint density at radius 3 is 2.47 bits per heavy atom. The van der Waals surface area contributed by atoms with E-state index in [1.165, 1.54) is 0 Å². The Balaban J connectivity index is 2.47. The molecule has 1 unspecified atom stereocenters. The van der Waals surface area contributed by atoms with Crippen molar-refractivity contribution in [2.45, 2.75) is 19.6 Å². The first-order valence-corrected chi connectivity index (χ1v) is 4.67. The molecule has 1 aromatic carbocycles. The van der Waals surface area contributed by atoms with Crippen LogP contribution in [0.25, 0.3) is 0 Å². The minimum absolute atomic E-state index is 0.369. The zero-order chi connectivity index (χ0) is 11.3. The van der Waals surface area contributed by atoms with E-state index in [1.54, 1.807) is 14.0 Å². The zero-order valence-electron chi connectivity index (χ0n) is 8.90. The minimum Gasteiger partial charge on any atom is -0.497 e. The summed E-state index contributed by atoms with van der Waals surface area (Å²) >= 11 is 0. The van der Waals surface area contributed by atoms with E-state index < -0.39 is 12.0 Å². The molecule has 4 heteroatoms. The predicted molar refractivity (Wildman–Crippen MR) is 56.4 cm³/mol. The molecule has 0 heterocycles. The molecule has 0 aliphatic carbocycles. The van der Waals surface area contributed by atoms with Crippen LogP contribution < -0.4 is 10.5 Å². The van der Waals surface area contributed by atoms with Crippen molar-refractivity contribution in [3.05, 3.63) is 29.8 Å². The molecule has 0 aliphatic heterocycles. The van der Waals surface area contributed by atoms with Crippen LogP contribution >= 0.6 is 0 Å². The van der Waals surface area contributed by atoms with Gasteiger partial charge in [-0.3, -0.25) is 4.79 Å². The molecule has 0 saturated heterocycles. The summed E-state index contributed by atoms with van der Waals surface area (Å²) < 4.78 is 10.3. The number of ether oxygens (including phenoxy) is 2. The number of primary amides is 1. The molecule has 1 aromatic rings. The molecule has 0 bridgehead atoms. The molecule has 0 fully saturated rings. The Morgan fingerprint density at radius 2 is 2.00 bits per heavy atom. The number of hydrogen-bond donors (Lipinski definition) is 1. The summed E-state index contributed by atoms with van der Waals surface area (Å²) in [5, 5.41) is 0. The first-order valence-electron chi connectivity index (χ1n) is 4.67. The highest BCUT2D eigenvalue weighted by molar-refractivity contribution is 5.78. The fraction of sp³-hybridized carbons (Fsp3) is 0.364. The molecule has 0 aromatic heterocycles. The van der Waals surface area contributed by atoms with Crippen LogP contribution in [0.4, 0.5) is 0 Å². The third-order valence-electron chi connectivity index (χ3n) is 2.06. The summed E-state index contributed by atoms with van der Waals surface area (Å²) in [6.07, 6.45) is -0.563. The summed E-state index contributed by atoms with van der Waals surface area (Å²) in [7, 11) is 1.61. The SMILES string of the molecule is COc1ccc(COC(C)C(N)=O)cc1. The molecule has 1 atom stereocenters. The zero-order valence-corrected chi connectivity index (χ0v) is 8.90. The topological polar surface area (TPSA) is 61.6 Å². The highest BCUT2D eigenvalue weighted by atomic mass is 16.5. The maximum Gasteiger partial charge on any atom is 0.246 e. The first kappa shape index (κ1) is 11.5. The van der Waals surface area contributed by atoms with Gasteiger partial charge in [0.05, 0.1) is 13.7 Å². The van der Waals surface area contributed by atoms with E-state index in [-0.39, 0.29) is 0 Å². The van der Waals surface area contributed by atoms with Gasteiger partial charge in [0.15, 0.2) is 0 Å². The molecule has 2 N–H and O–H groups in total. The van der Waals surface area contributed by atoms with E-state index >= 15 is 0 Å². The first-order chi connectivity index (χ1) is 7.13. The predicted octanol–water partition coefficient (Wildman–Crippen LogP) is 1.09. The standard InChI is InChI=1S/C11H15NO3/c1-8(11(12)13)15-7-9-3-5-10(14-2)6-4-9/h3-6,8H,7H2,1-2H3,(H2,12,13). The van der Waals surface area contributed by atoms with Gasteiger partial charge >= 0.3 is 0 Å². The maximum atomic E-state index is 10.7. The van der Waals surface area contributed by atoms with Gasteiger partial charge in [-0.2, -0.15) is 0 Å². The smallest absolute Gasteiger partial charge is 0.246 e. The Bertz CT molecular complexity index is 321. The molecular formula is C11H15NO3. The lowest BCUT2D eigenvalue weighted by Gasteiger charge is -2.09. The second kappa shape index (κ2) is 5.36. The van der Waals surface area contributed by atoms with Gasteiger partial charge in [-0.05, 0) is 24.6 Å². The monoisotopic (exact) mass is 209 g/mol. The number of methoxy groups -OCH3 is 1. The number of amides is 1. The number of benzene rings is 1. The van der Waals surface area contributed by atoms with Crippen LogP contribution in [0.15, 0.2) is 24.3 Å². The van der Waals surface area contributed by atoms with Crippen molar-refractivity contribution in [1.29, 1.82) is 0 Å². The van der Waals surface area contributed by atoms with Crippen molar-refractivity contribution < 1.29 is 14.3 Å². The lowest BCUT2D eigenvalue weighted by Crippen LogP contribution is -2.27. The molecule has 1 rings (SSSR count). The van der Waals surface area contributed by atoms with Gasteiger partial charge in [-0.25, -0.2) is 0 Å². The molecular weight excluding hydrogens is 194 g/mol. The normalized spacial score (nSPS) is 12.1. The van der Waals surface area contributed by atoms with Crippen LogP contribution in [-0.2, 0) is 16.1 Å². The van der Waals surface area contributed by atoms with E-state index in [9.17, 15) is 4.79 Å². The molecule has 1 amide bonds. The average Bonchev–Trinajstić information content (AvgIpc) is 2.26. The average molecular weight is 209 g/mol. The summed E-state index contributed by atoms with van der Waals surface area (Å²) in [6.45, 7) is 2.00. The van der Waals surface area contributed by atoms with Crippen LogP contribution in [0.3, 0.4) is 0 Å². The van der Waals surface area contributed by atoms with Gasteiger partial charge in [-0.15, -0.1) is 0 Å². The molecule has 0 saturated carbocycles. The Morgan fingerprint density at radius 1 is 1.40 bits per heavy atom. The van der Waals surface area contributed by atoms with Crippen LogP contribution in [0.2, 0.25) is 0 Å². The third kappa shape index (κ3) is 3.59. The van der Waals surface area contributed by atoms with E-state index in [2.05, 4.69) is 0 Å². The fourth-order valence-electron chi connectivity index (χ4n) is 1.03. The van der Waals surface area contributed by atoms with Crippen LogP contribution in [0, 0.1) is 0 Å². The van der Waals surface area contributed by atoms with Crippen molar-refractivity contribution in [2.75, 3.05) is 7.11 Å². The Labute approximate surface area is 89.0 Å². The van der Waals surface area contributed by atoms with Crippen LogP contribution in [-0.4, -0.2) is 19.1 Å². The quantitative estimate of drug-likeness (QED) is 0.789. The second-order valence-electron chi connectivity index (χ2n) is 3.20. The van der Waals surface area contributed by atoms with Crippen molar-refractivity contribution >= 4 is 5.91 Å². The molecule has 15 heavy (non-hydrogen) atoms. The second-order valence-corrected chi connectivity index (χ2v) is 3.20. The largest absolute Gasteiger partial charge is 0.497 e. The minimum atomic E-state index is -0.563. The number of hydrogen-bond acceptors (Lipinski definition) is 3. The van der Waals surface area contributed by atoms with Crippen molar-refractivity contribution in [3.63, 3.8) is 0 Å². The van der Waals surface area contributed by atoms with Gasteiger partial charge in [0.25, 0.3) is 0 Å². The molecule has 0 radical (unpaired) electrons. The Kier molecular flexibility index (Phi) is 4.12. The van der Waals surface area contributed by atoms with E-state index in [0.29, 0.717) is 6.61 Å². The van der Waals surface area contributed by atoms with Crippen LogP contribution in [0.1, 0.15) is 12.5 Å². The van der Waals surface area contributed by atoms with E-state index in [4.69, 9.17) is 15.2 Å². The highest BCUT2D eigenvalue weighted by Crippen LogP contribution is 2.12. The van der Waals surface area contributed by atoms with Crippen molar-refractivity contribution in [3.8, 4) is 5.75 Å². The summed E-state index contributed by atoms with van der Waals surface area (Å²) in [5.74, 6) is 0.338. The van der Waals surface area contributed by atoms with E-state index in [1.807, 2.05) is 24.3 Å². The summed E-state index contributed by atoms with van der Waals surface area (Å²) in [4.78, 5) is 10.7. The third-order valence-corrected chi connectivity index (χ3v) is 2.06. The number of carbonyl (C=O) groups excluding carboxylic acids is 1. The van der Waals surface area contributed by atoms with Gasteiger partial charge in [0.2, 0.25) is 5.91 Å². The van der Waals surface area contributed by atoms with E-state index in [0.717, 1.165) is 11.3 Å². The summed E-state index contributed by atoms with van der Waals surface area (Å²) in [6, 6.07) is 7.44. The highest BCUT2D eigenvalue weighted by Gasteiger charge is 2.08. The number of nitrogens with two attached hydrogens (primary N) is 1. The summed E-state index contributed by atoms with van der Waals surface area (Å²) in [5.41, 5.74) is 6.04. The Hall–Kier alpha value is -1.55. The van der Waals surface area contributed by atoms with Gasteiger partial charge < -0.3 is 15.2 Å². The molecule has 82 valence electrons. The fourth-order valence-corrected chi connectivity index (χ4v) is 1.03. The van der Waals surface area contributed by atoms with Gasteiger partial charge in [-0.1, -0.05) is 12.1 Å². The number of carbonyl (C=O) groups is 1. The maximum absolute atomic E-state index is 10.7. The van der Waals surface area contributed by atoms with Crippen LogP contribution in [0.5, 0.6) is 5.75 Å². The lowest BCUT2D eigenvalue weighted by atomic mass is 10.2. The van der Waals surface area contributed by atoms with Crippen molar-refractivity contribution in [2.24, 2.45) is 5.73 Å².